The molecule has 0 saturated heterocycles. The van der Waals surface area contributed by atoms with Crippen LogP contribution in [-0.2, 0) is 9.59 Å². The molecule has 2 aromatic rings. The number of amides is 2. The van der Waals surface area contributed by atoms with Crippen molar-refractivity contribution in [2.75, 3.05) is 25.5 Å². The molecule has 5 nitrogen and oxygen atoms in total. The lowest BCUT2D eigenvalue weighted by Gasteiger charge is -2.19. The Balaban J connectivity index is 1.59. The molecule has 0 radical (unpaired) electrons. The molecule has 1 unspecified atom stereocenters. The Bertz CT molecular complexity index is 832. The molecule has 5 heteroatoms. The summed E-state index contributed by atoms with van der Waals surface area (Å²) in [6.45, 7) is 0.430. The van der Waals surface area contributed by atoms with Crippen molar-refractivity contribution >= 4 is 23.3 Å². The van der Waals surface area contributed by atoms with Crippen LogP contribution in [-0.4, -0.2) is 43.1 Å². The summed E-state index contributed by atoms with van der Waals surface area (Å²) in [4.78, 5) is 40.2. The highest BCUT2D eigenvalue weighted by molar-refractivity contribution is 6.07. The Kier molecular flexibility index (Phi) is 5.16. The van der Waals surface area contributed by atoms with Gasteiger partial charge in [-0.05, 0) is 18.1 Å². The van der Waals surface area contributed by atoms with Gasteiger partial charge in [-0.25, -0.2) is 0 Å². The molecule has 134 valence electrons. The molecule has 0 fully saturated rings. The normalized spacial score (nSPS) is 15.7. The molecule has 0 spiro atoms. The zero-order chi connectivity index (χ0) is 18.7. The third kappa shape index (κ3) is 3.52. The molecule has 1 aliphatic rings. The second-order valence-electron chi connectivity index (χ2n) is 6.58. The molecule has 0 N–H and O–H groups in total. The molecule has 0 aliphatic carbocycles. The lowest BCUT2D eigenvalue weighted by atomic mass is 9.97. The van der Waals surface area contributed by atoms with Crippen LogP contribution in [0.4, 0.5) is 5.69 Å². The van der Waals surface area contributed by atoms with Gasteiger partial charge in [-0.1, -0.05) is 48.5 Å². The average Bonchev–Trinajstić information content (AvgIpc) is 2.91. The minimum absolute atomic E-state index is 0.0485. The fourth-order valence-electron chi connectivity index (χ4n) is 3.30. The van der Waals surface area contributed by atoms with Gasteiger partial charge in [0.05, 0.1) is 12.3 Å². The number of ketones is 1. The second-order valence-corrected chi connectivity index (χ2v) is 6.58. The highest BCUT2D eigenvalue weighted by atomic mass is 16.2. The van der Waals surface area contributed by atoms with Crippen molar-refractivity contribution in [3.63, 3.8) is 0 Å². The summed E-state index contributed by atoms with van der Waals surface area (Å²) in [6, 6.07) is 16.5. The first kappa shape index (κ1) is 17.9. The second kappa shape index (κ2) is 7.52. The number of carbonyl (C=O) groups excluding carboxylic acids is 3. The molecular weight excluding hydrogens is 328 g/mol. The first-order chi connectivity index (χ1) is 12.5. The fraction of sp³-hybridized carbons (Fsp3) is 0.286. The third-order valence-corrected chi connectivity index (χ3v) is 4.89. The predicted octanol–water partition coefficient (Wildman–Crippen LogP) is 2.87. The number of Topliss-reactive ketones (excluding diaryl/α,β-unsaturated/α-hetero) is 1. The van der Waals surface area contributed by atoms with Gasteiger partial charge in [-0.15, -0.1) is 0 Å². The number of carbonyl (C=O) groups is 3. The van der Waals surface area contributed by atoms with Crippen molar-refractivity contribution in [3.8, 4) is 0 Å². The van der Waals surface area contributed by atoms with E-state index in [9.17, 15) is 14.4 Å². The lowest BCUT2D eigenvalue weighted by molar-refractivity contribution is -0.129. The number of nitrogens with zero attached hydrogens (tertiary/aromatic N) is 2. The van der Waals surface area contributed by atoms with Crippen LogP contribution in [0.3, 0.4) is 0 Å². The Morgan fingerprint density at radius 3 is 2.42 bits per heavy atom. The highest BCUT2D eigenvalue weighted by Crippen LogP contribution is 2.37. The van der Waals surface area contributed by atoms with Crippen molar-refractivity contribution in [1.82, 2.24) is 4.90 Å². The number of hydrogen-bond acceptors (Lipinski definition) is 3. The van der Waals surface area contributed by atoms with Gasteiger partial charge in [-0.3, -0.25) is 14.4 Å². The quantitative estimate of drug-likeness (QED) is 0.595. The lowest BCUT2D eigenvalue weighted by Crippen LogP contribution is -2.32. The molecule has 1 atom stereocenters. The van der Waals surface area contributed by atoms with Crippen LogP contribution in [0, 0.1) is 0 Å². The zero-order valence-electron chi connectivity index (χ0n) is 15.0. The molecule has 3 rings (SSSR count). The summed E-state index contributed by atoms with van der Waals surface area (Å²) in [5.41, 5.74) is 2.47. The van der Waals surface area contributed by atoms with Crippen molar-refractivity contribution in [2.45, 2.75) is 18.8 Å². The highest BCUT2D eigenvalue weighted by Gasteiger charge is 2.34. The SMILES string of the molecule is CN(CCC1C(=O)N(C)c2ccccc21)C(=O)CC(=O)c1ccccc1. The Hall–Kier alpha value is -2.95. The van der Waals surface area contributed by atoms with Gasteiger partial charge < -0.3 is 9.80 Å². The number of hydrogen-bond donors (Lipinski definition) is 0. The van der Waals surface area contributed by atoms with Gasteiger partial charge in [0, 0.05) is 31.9 Å². The molecular formula is C21H22N2O3. The van der Waals surface area contributed by atoms with Crippen LogP contribution in [0.15, 0.2) is 54.6 Å². The first-order valence-corrected chi connectivity index (χ1v) is 8.67. The molecule has 0 saturated carbocycles. The predicted molar refractivity (Wildman–Crippen MR) is 100 cm³/mol. The summed E-state index contributed by atoms with van der Waals surface area (Å²) in [7, 11) is 3.45. The van der Waals surface area contributed by atoms with Crippen molar-refractivity contribution in [1.29, 1.82) is 0 Å². The van der Waals surface area contributed by atoms with Gasteiger partial charge in [-0.2, -0.15) is 0 Å². The van der Waals surface area contributed by atoms with Crippen LogP contribution < -0.4 is 4.90 Å². The monoisotopic (exact) mass is 350 g/mol. The molecule has 0 bridgehead atoms. The average molecular weight is 350 g/mol. The topological polar surface area (TPSA) is 57.7 Å². The Labute approximate surface area is 153 Å². The van der Waals surface area contributed by atoms with Crippen LogP contribution in [0.2, 0.25) is 0 Å². The van der Waals surface area contributed by atoms with E-state index < -0.39 is 0 Å². The van der Waals surface area contributed by atoms with E-state index in [0.717, 1.165) is 11.3 Å². The van der Waals surface area contributed by atoms with Crippen molar-refractivity contribution in [3.05, 3.63) is 65.7 Å². The molecule has 2 amide bonds. The maximum absolute atomic E-state index is 12.5. The summed E-state index contributed by atoms with van der Waals surface area (Å²) >= 11 is 0. The van der Waals surface area contributed by atoms with Crippen molar-refractivity contribution in [2.24, 2.45) is 0 Å². The standard InChI is InChI=1S/C21H22N2O3/c1-22(20(25)14-19(24)15-8-4-3-5-9-15)13-12-17-16-10-6-7-11-18(16)23(2)21(17)26/h3-11,17H,12-14H2,1-2H3. The fourth-order valence-corrected chi connectivity index (χ4v) is 3.30. The van der Waals surface area contributed by atoms with E-state index in [1.807, 2.05) is 30.3 Å². The minimum atomic E-state index is -0.240. The van der Waals surface area contributed by atoms with Crippen LogP contribution in [0.25, 0.3) is 0 Å². The number of para-hydroxylation sites is 1. The zero-order valence-corrected chi connectivity index (χ0v) is 15.0. The molecule has 2 aromatic carbocycles. The molecule has 1 heterocycles. The van der Waals surface area contributed by atoms with Gasteiger partial charge in [0.15, 0.2) is 5.78 Å². The smallest absolute Gasteiger partial charge is 0.234 e. The van der Waals surface area contributed by atoms with E-state index >= 15 is 0 Å². The number of rotatable bonds is 6. The Morgan fingerprint density at radius 2 is 1.69 bits per heavy atom. The third-order valence-electron chi connectivity index (χ3n) is 4.89. The number of likely N-dealkylation sites (N-methyl/N-ethyl adjacent to an activating group) is 1. The van der Waals surface area contributed by atoms with Crippen LogP contribution in [0.1, 0.15) is 34.7 Å². The summed E-state index contributed by atoms with van der Waals surface area (Å²) in [5.74, 6) is -0.612. The minimum Gasteiger partial charge on any atom is -0.345 e. The van der Waals surface area contributed by atoms with E-state index in [1.54, 1.807) is 43.3 Å². The summed E-state index contributed by atoms with van der Waals surface area (Å²) in [6.07, 6.45) is 0.386. The summed E-state index contributed by atoms with van der Waals surface area (Å²) in [5, 5.41) is 0. The van der Waals surface area contributed by atoms with E-state index in [1.165, 1.54) is 4.90 Å². The first-order valence-electron chi connectivity index (χ1n) is 8.67. The van der Waals surface area contributed by atoms with E-state index in [0.29, 0.717) is 18.5 Å². The molecule has 0 aromatic heterocycles. The van der Waals surface area contributed by atoms with E-state index in [2.05, 4.69) is 0 Å². The maximum atomic E-state index is 12.5. The van der Waals surface area contributed by atoms with E-state index in [4.69, 9.17) is 0 Å². The van der Waals surface area contributed by atoms with E-state index in [-0.39, 0.29) is 29.9 Å². The van der Waals surface area contributed by atoms with Crippen molar-refractivity contribution < 1.29 is 14.4 Å². The number of fused-ring (bicyclic) bond motifs is 1. The van der Waals surface area contributed by atoms with Gasteiger partial charge in [0.25, 0.3) is 0 Å². The maximum Gasteiger partial charge on any atom is 0.234 e. The Morgan fingerprint density at radius 1 is 1.04 bits per heavy atom. The van der Waals surface area contributed by atoms with Gasteiger partial charge in [0.1, 0.15) is 0 Å². The largest absolute Gasteiger partial charge is 0.345 e. The van der Waals surface area contributed by atoms with Gasteiger partial charge >= 0.3 is 0 Å². The number of anilines is 1. The summed E-state index contributed by atoms with van der Waals surface area (Å²) < 4.78 is 0. The van der Waals surface area contributed by atoms with Gasteiger partial charge in [0.2, 0.25) is 11.8 Å². The van der Waals surface area contributed by atoms with Crippen LogP contribution in [0.5, 0.6) is 0 Å². The van der Waals surface area contributed by atoms with Crippen LogP contribution >= 0.6 is 0 Å². The molecule has 26 heavy (non-hydrogen) atoms. The molecule has 1 aliphatic heterocycles. The number of benzene rings is 2.